The summed E-state index contributed by atoms with van der Waals surface area (Å²) in [6.07, 6.45) is 7.24. The summed E-state index contributed by atoms with van der Waals surface area (Å²) in [6.45, 7) is 11.8. The maximum atomic E-state index is 13.1. The van der Waals surface area contributed by atoms with Crippen LogP contribution < -0.4 is 15.8 Å². The molecule has 9 heteroatoms. The second-order valence-corrected chi connectivity index (χ2v) is 14.0. The number of sulfonamides is 1. The highest BCUT2D eigenvalue weighted by Gasteiger charge is 2.27. The summed E-state index contributed by atoms with van der Waals surface area (Å²) in [4.78, 5) is 12.0. The number of nitrogens with two attached hydrogens (primary N) is 1. The monoisotopic (exact) mass is 604 g/mol. The fourth-order valence-electron chi connectivity index (χ4n) is 5.98. The van der Waals surface area contributed by atoms with Gasteiger partial charge in [-0.25, -0.2) is 13.4 Å². The molecule has 8 nitrogen and oxygen atoms in total. The lowest BCUT2D eigenvalue weighted by Gasteiger charge is -2.36. The van der Waals surface area contributed by atoms with Crippen molar-refractivity contribution in [1.82, 2.24) is 15.2 Å². The van der Waals surface area contributed by atoms with E-state index in [0.29, 0.717) is 12.1 Å². The van der Waals surface area contributed by atoms with Crippen LogP contribution >= 0.6 is 0 Å². The van der Waals surface area contributed by atoms with Gasteiger partial charge < -0.3 is 4.90 Å². The SMILES string of the molecule is CCc1cc(-c2ccc(NS(=O)(=O)c3cccc(C)c3C)nc2C)cc(/C=N\C(C)(N)NC2CCC(N(C)C)CC2)c1C. The van der Waals surface area contributed by atoms with Crippen LogP contribution in [0.5, 0.6) is 0 Å². The van der Waals surface area contributed by atoms with Crippen LogP contribution in [0.15, 0.2) is 52.4 Å². The fraction of sp³-hybridized carbons (Fsp3) is 0.471. The Bertz CT molecular complexity index is 1590. The van der Waals surface area contributed by atoms with Crippen molar-refractivity contribution in [2.24, 2.45) is 10.7 Å². The molecule has 1 fully saturated rings. The summed E-state index contributed by atoms with van der Waals surface area (Å²) < 4.78 is 28.9. The highest BCUT2D eigenvalue weighted by atomic mass is 32.2. The van der Waals surface area contributed by atoms with E-state index in [2.05, 4.69) is 60.0 Å². The van der Waals surface area contributed by atoms with Gasteiger partial charge in [0.2, 0.25) is 0 Å². The van der Waals surface area contributed by atoms with E-state index in [1.807, 2.05) is 46.0 Å². The molecule has 232 valence electrons. The number of benzene rings is 2. The summed E-state index contributed by atoms with van der Waals surface area (Å²) in [6, 6.07) is 14.2. The average molecular weight is 605 g/mol. The van der Waals surface area contributed by atoms with Crippen molar-refractivity contribution in [3.63, 3.8) is 0 Å². The van der Waals surface area contributed by atoms with Gasteiger partial charge >= 0.3 is 0 Å². The Hall–Kier alpha value is -3.11. The lowest BCUT2D eigenvalue weighted by Crippen LogP contribution is -2.55. The van der Waals surface area contributed by atoms with Crippen molar-refractivity contribution >= 4 is 22.1 Å². The normalized spacial score (nSPS) is 19.1. The van der Waals surface area contributed by atoms with Crippen LogP contribution in [-0.2, 0) is 16.4 Å². The second-order valence-electron chi connectivity index (χ2n) is 12.4. The topological polar surface area (TPSA) is 113 Å². The summed E-state index contributed by atoms with van der Waals surface area (Å²) in [5.74, 6) is -0.590. The summed E-state index contributed by atoms with van der Waals surface area (Å²) in [7, 11) is 0.528. The first-order chi connectivity index (χ1) is 20.2. The van der Waals surface area contributed by atoms with Gasteiger partial charge in [0, 0.05) is 29.6 Å². The molecule has 1 aromatic heterocycles. The van der Waals surface area contributed by atoms with Crippen molar-refractivity contribution in [1.29, 1.82) is 0 Å². The number of nitrogens with zero attached hydrogens (tertiary/aromatic N) is 3. The Labute approximate surface area is 258 Å². The maximum absolute atomic E-state index is 13.1. The number of pyridine rings is 1. The number of hydrogen-bond donors (Lipinski definition) is 3. The minimum Gasteiger partial charge on any atom is -0.306 e. The number of aliphatic imine (C=N–C) groups is 1. The van der Waals surface area contributed by atoms with Crippen molar-refractivity contribution in [2.75, 3.05) is 18.8 Å². The molecule has 2 aromatic carbocycles. The van der Waals surface area contributed by atoms with Gasteiger partial charge in [0.15, 0.2) is 5.79 Å². The Morgan fingerprint density at radius 2 is 1.74 bits per heavy atom. The molecule has 1 heterocycles. The summed E-state index contributed by atoms with van der Waals surface area (Å²) >= 11 is 0. The second kappa shape index (κ2) is 13.3. The molecule has 1 atom stereocenters. The zero-order valence-corrected chi connectivity index (χ0v) is 27.8. The Morgan fingerprint density at radius 3 is 2.37 bits per heavy atom. The lowest BCUT2D eigenvalue weighted by molar-refractivity contribution is 0.185. The third-order valence-corrected chi connectivity index (χ3v) is 10.3. The first-order valence-corrected chi connectivity index (χ1v) is 16.7. The molecule has 4 N–H and O–H groups in total. The molecule has 3 aromatic rings. The Kier molecular flexibility index (Phi) is 10.1. The minimum absolute atomic E-state index is 0.258. The first kappa shape index (κ1) is 32.8. The van der Waals surface area contributed by atoms with E-state index in [4.69, 9.17) is 10.7 Å². The van der Waals surface area contributed by atoms with E-state index < -0.39 is 15.8 Å². The highest BCUT2D eigenvalue weighted by Crippen LogP contribution is 2.30. The van der Waals surface area contributed by atoms with E-state index in [-0.39, 0.29) is 10.7 Å². The van der Waals surface area contributed by atoms with E-state index in [1.54, 1.807) is 18.2 Å². The average Bonchev–Trinajstić information content (AvgIpc) is 2.94. The van der Waals surface area contributed by atoms with Gasteiger partial charge in [0.25, 0.3) is 10.0 Å². The van der Waals surface area contributed by atoms with Crippen LogP contribution in [0.25, 0.3) is 11.1 Å². The maximum Gasteiger partial charge on any atom is 0.263 e. The zero-order valence-electron chi connectivity index (χ0n) is 27.0. The number of hydrogen-bond acceptors (Lipinski definition) is 7. The Balaban J connectivity index is 1.56. The van der Waals surface area contributed by atoms with E-state index in [0.717, 1.165) is 65.6 Å². The van der Waals surface area contributed by atoms with E-state index in [1.165, 1.54) is 11.1 Å². The van der Waals surface area contributed by atoms with Crippen LogP contribution in [0.4, 0.5) is 5.82 Å². The molecule has 1 unspecified atom stereocenters. The summed E-state index contributed by atoms with van der Waals surface area (Å²) in [5, 5.41) is 3.57. The smallest absolute Gasteiger partial charge is 0.263 e. The van der Waals surface area contributed by atoms with E-state index in [9.17, 15) is 8.42 Å². The lowest BCUT2D eigenvalue weighted by atomic mass is 9.90. The van der Waals surface area contributed by atoms with Gasteiger partial charge in [-0.3, -0.25) is 20.8 Å². The van der Waals surface area contributed by atoms with Gasteiger partial charge in [-0.05, 0) is 138 Å². The number of aromatic nitrogens is 1. The van der Waals surface area contributed by atoms with Crippen LogP contribution in [0.2, 0.25) is 0 Å². The molecule has 4 rings (SSSR count). The van der Waals surface area contributed by atoms with Gasteiger partial charge in [-0.1, -0.05) is 25.1 Å². The van der Waals surface area contributed by atoms with Gasteiger partial charge in [0.05, 0.1) is 4.90 Å². The number of anilines is 1. The van der Waals surface area contributed by atoms with Crippen molar-refractivity contribution in [3.8, 4) is 11.1 Å². The van der Waals surface area contributed by atoms with Crippen LogP contribution in [0.1, 0.15) is 73.0 Å². The molecule has 1 aliphatic carbocycles. The standard InChI is InChI=1S/C34H48N6O2S/c1-9-26-19-27(20-28(24(26)4)21-36-34(6,35)38-29-13-15-30(16-14-29)40(7)8)31-17-18-33(37-25(31)5)39-43(41,42)32-12-10-11-22(2)23(32)3/h10-12,17-21,29-30,38H,9,13-16,35H2,1-8H3,(H,37,39)/b36-21-. The molecule has 1 saturated carbocycles. The molecule has 0 bridgehead atoms. The molecule has 0 amide bonds. The molecule has 0 aliphatic heterocycles. The molecular weight excluding hydrogens is 556 g/mol. The van der Waals surface area contributed by atoms with Crippen LogP contribution in [0.3, 0.4) is 0 Å². The third-order valence-electron chi connectivity index (χ3n) is 8.81. The zero-order chi connectivity index (χ0) is 31.5. The van der Waals surface area contributed by atoms with E-state index >= 15 is 0 Å². The highest BCUT2D eigenvalue weighted by molar-refractivity contribution is 7.92. The molecule has 0 saturated heterocycles. The predicted octanol–water partition coefficient (Wildman–Crippen LogP) is 5.86. The van der Waals surface area contributed by atoms with Crippen molar-refractivity contribution in [3.05, 3.63) is 76.0 Å². The fourth-order valence-corrected chi connectivity index (χ4v) is 7.30. The predicted molar refractivity (Wildman–Crippen MR) is 178 cm³/mol. The molecule has 1 aliphatic rings. The quantitative estimate of drug-likeness (QED) is 0.197. The van der Waals surface area contributed by atoms with Crippen molar-refractivity contribution < 1.29 is 8.42 Å². The van der Waals surface area contributed by atoms with Gasteiger partial charge in [0.1, 0.15) is 5.82 Å². The number of nitrogens with one attached hydrogen (secondary N) is 2. The van der Waals surface area contributed by atoms with Crippen LogP contribution in [-0.4, -0.2) is 56.5 Å². The van der Waals surface area contributed by atoms with Crippen molar-refractivity contribution in [2.45, 2.75) is 96.4 Å². The number of aryl methyl sites for hydroxylation is 3. The molecule has 0 spiro atoms. The van der Waals surface area contributed by atoms with Gasteiger partial charge in [-0.2, -0.15) is 0 Å². The first-order valence-electron chi connectivity index (χ1n) is 15.2. The van der Waals surface area contributed by atoms with Crippen LogP contribution in [0, 0.1) is 27.7 Å². The van der Waals surface area contributed by atoms with Gasteiger partial charge in [-0.15, -0.1) is 0 Å². The molecule has 43 heavy (non-hydrogen) atoms. The molecule has 0 radical (unpaired) electrons. The third kappa shape index (κ3) is 7.89. The Morgan fingerprint density at radius 1 is 1.05 bits per heavy atom. The largest absolute Gasteiger partial charge is 0.306 e. The minimum atomic E-state index is -3.77. The number of rotatable bonds is 10. The molecular formula is C34H48N6O2S. The summed E-state index contributed by atoms with van der Waals surface area (Å²) in [5.41, 5.74) is 14.3.